The third-order valence-corrected chi connectivity index (χ3v) is 4.87. The van der Waals surface area contributed by atoms with Gasteiger partial charge in [0.1, 0.15) is 0 Å². The average molecular weight is 285 g/mol. The first kappa shape index (κ1) is 12.8. The van der Waals surface area contributed by atoms with E-state index in [2.05, 4.69) is 10.6 Å². The van der Waals surface area contributed by atoms with Gasteiger partial charge in [0.15, 0.2) is 0 Å². The fraction of sp³-hybridized carbons (Fsp3) is 0.500. The molecule has 0 aliphatic carbocycles. The molecule has 2 fully saturated rings. The first-order valence-electron chi connectivity index (χ1n) is 7.66. The van der Waals surface area contributed by atoms with Gasteiger partial charge in [-0.25, -0.2) is 0 Å². The number of carbonyl (C=O) groups is 2. The summed E-state index contributed by atoms with van der Waals surface area (Å²) in [6, 6.07) is 6.01. The number of piperidine rings is 1. The molecule has 2 saturated heterocycles. The predicted molar refractivity (Wildman–Crippen MR) is 79.2 cm³/mol. The minimum atomic E-state index is 0.00555. The molecule has 3 aliphatic heterocycles. The Morgan fingerprint density at radius 3 is 3.05 bits per heavy atom. The predicted octanol–water partition coefficient (Wildman–Crippen LogP) is 1.01. The van der Waals surface area contributed by atoms with Crippen molar-refractivity contribution < 1.29 is 9.59 Å². The highest BCUT2D eigenvalue weighted by molar-refractivity contribution is 6.02. The summed E-state index contributed by atoms with van der Waals surface area (Å²) in [6.45, 7) is 2.71. The van der Waals surface area contributed by atoms with Crippen LogP contribution >= 0.6 is 0 Å². The summed E-state index contributed by atoms with van der Waals surface area (Å²) in [5.74, 6) is 0.679. The summed E-state index contributed by atoms with van der Waals surface area (Å²) < 4.78 is 0. The molecular formula is C16H19N3O2. The molecule has 3 heterocycles. The Hall–Kier alpha value is -1.88. The number of rotatable bonds is 1. The van der Waals surface area contributed by atoms with E-state index in [4.69, 9.17) is 0 Å². The molecule has 5 heteroatoms. The molecule has 1 aromatic rings. The van der Waals surface area contributed by atoms with Crippen LogP contribution in [0.5, 0.6) is 0 Å². The second-order valence-corrected chi connectivity index (χ2v) is 6.27. The summed E-state index contributed by atoms with van der Waals surface area (Å²) in [4.78, 5) is 26.0. The van der Waals surface area contributed by atoms with Crippen molar-refractivity contribution in [3.8, 4) is 0 Å². The van der Waals surface area contributed by atoms with E-state index >= 15 is 0 Å². The number of fused-ring (bicyclic) bond motifs is 2. The number of hydrogen-bond donors (Lipinski definition) is 2. The van der Waals surface area contributed by atoms with Crippen LogP contribution in [0.2, 0.25) is 0 Å². The average Bonchev–Trinajstić information content (AvgIpc) is 3.07. The summed E-state index contributed by atoms with van der Waals surface area (Å²) >= 11 is 0. The SMILES string of the molecule is O=C1Cc2ccc(C(=O)N3C[C@@H]4CCCN[C@@H]4C3)cc2N1. The first-order valence-corrected chi connectivity index (χ1v) is 7.66. The van der Waals surface area contributed by atoms with Crippen molar-refractivity contribution >= 4 is 17.5 Å². The van der Waals surface area contributed by atoms with Gasteiger partial charge in [-0.3, -0.25) is 9.59 Å². The first-order chi connectivity index (χ1) is 10.2. The molecule has 5 nitrogen and oxygen atoms in total. The second-order valence-electron chi connectivity index (χ2n) is 6.27. The van der Waals surface area contributed by atoms with Gasteiger partial charge in [-0.1, -0.05) is 6.07 Å². The van der Waals surface area contributed by atoms with Gasteiger partial charge in [0.05, 0.1) is 6.42 Å². The molecule has 0 unspecified atom stereocenters. The third kappa shape index (κ3) is 2.21. The molecule has 3 aliphatic rings. The van der Waals surface area contributed by atoms with Gasteiger partial charge in [-0.2, -0.15) is 0 Å². The molecule has 21 heavy (non-hydrogen) atoms. The minimum absolute atomic E-state index is 0.00555. The minimum Gasteiger partial charge on any atom is -0.337 e. The zero-order chi connectivity index (χ0) is 14.4. The van der Waals surface area contributed by atoms with Crippen LogP contribution in [0.3, 0.4) is 0 Å². The lowest BCUT2D eigenvalue weighted by Gasteiger charge is -2.24. The highest BCUT2D eigenvalue weighted by Crippen LogP contribution is 2.28. The molecule has 1 aromatic carbocycles. The smallest absolute Gasteiger partial charge is 0.253 e. The number of likely N-dealkylation sites (tertiary alicyclic amines) is 1. The Labute approximate surface area is 123 Å². The Kier molecular flexibility index (Phi) is 2.96. The zero-order valence-electron chi connectivity index (χ0n) is 11.9. The number of amides is 2. The van der Waals surface area contributed by atoms with Crippen molar-refractivity contribution in [2.24, 2.45) is 5.92 Å². The molecular weight excluding hydrogens is 266 g/mol. The van der Waals surface area contributed by atoms with E-state index in [9.17, 15) is 9.59 Å². The van der Waals surface area contributed by atoms with E-state index < -0.39 is 0 Å². The monoisotopic (exact) mass is 285 g/mol. The molecule has 2 amide bonds. The number of carbonyl (C=O) groups excluding carboxylic acids is 2. The van der Waals surface area contributed by atoms with Gasteiger partial charge in [0, 0.05) is 30.4 Å². The zero-order valence-corrected chi connectivity index (χ0v) is 11.9. The van der Waals surface area contributed by atoms with Gasteiger partial charge in [-0.05, 0) is 43.0 Å². The largest absolute Gasteiger partial charge is 0.337 e. The Morgan fingerprint density at radius 1 is 1.29 bits per heavy atom. The van der Waals surface area contributed by atoms with Crippen molar-refractivity contribution in [1.29, 1.82) is 0 Å². The van der Waals surface area contributed by atoms with E-state index in [-0.39, 0.29) is 11.8 Å². The van der Waals surface area contributed by atoms with Crippen molar-refractivity contribution in [3.05, 3.63) is 29.3 Å². The maximum atomic E-state index is 12.7. The van der Waals surface area contributed by atoms with Crippen LogP contribution in [-0.4, -0.2) is 42.4 Å². The van der Waals surface area contributed by atoms with Crippen molar-refractivity contribution in [1.82, 2.24) is 10.2 Å². The lowest BCUT2D eigenvalue weighted by molar-refractivity contribution is -0.115. The molecule has 110 valence electrons. The molecule has 0 bridgehead atoms. The molecule has 2 N–H and O–H groups in total. The lowest BCUT2D eigenvalue weighted by atomic mass is 9.94. The highest BCUT2D eigenvalue weighted by Gasteiger charge is 2.36. The summed E-state index contributed by atoms with van der Waals surface area (Å²) in [5.41, 5.74) is 2.45. The van der Waals surface area contributed by atoms with E-state index in [1.165, 1.54) is 12.8 Å². The maximum Gasteiger partial charge on any atom is 0.253 e. The Morgan fingerprint density at radius 2 is 2.19 bits per heavy atom. The maximum absolute atomic E-state index is 12.7. The van der Waals surface area contributed by atoms with Gasteiger partial charge < -0.3 is 15.5 Å². The Bertz CT molecular complexity index is 600. The topological polar surface area (TPSA) is 61.4 Å². The number of nitrogens with zero attached hydrogens (tertiary/aromatic N) is 1. The molecule has 4 rings (SSSR count). The van der Waals surface area contributed by atoms with Crippen molar-refractivity contribution in [3.63, 3.8) is 0 Å². The highest BCUT2D eigenvalue weighted by atomic mass is 16.2. The lowest BCUT2D eigenvalue weighted by Crippen LogP contribution is -2.41. The van der Waals surface area contributed by atoms with Crippen molar-refractivity contribution in [2.75, 3.05) is 25.0 Å². The van der Waals surface area contributed by atoms with Gasteiger partial charge in [0.2, 0.25) is 5.91 Å². The number of benzene rings is 1. The van der Waals surface area contributed by atoms with Crippen LogP contribution in [0.15, 0.2) is 18.2 Å². The molecule has 2 atom stereocenters. The van der Waals surface area contributed by atoms with Crippen LogP contribution in [0.25, 0.3) is 0 Å². The summed E-state index contributed by atoms with van der Waals surface area (Å²) in [7, 11) is 0. The summed E-state index contributed by atoms with van der Waals surface area (Å²) in [6.07, 6.45) is 2.83. The van der Waals surface area contributed by atoms with Gasteiger partial charge in [-0.15, -0.1) is 0 Å². The molecule has 0 spiro atoms. The van der Waals surface area contributed by atoms with Crippen LogP contribution in [0.1, 0.15) is 28.8 Å². The quantitative estimate of drug-likeness (QED) is 0.809. The third-order valence-electron chi connectivity index (χ3n) is 4.87. The number of nitrogens with one attached hydrogen (secondary N) is 2. The van der Waals surface area contributed by atoms with Crippen LogP contribution in [0.4, 0.5) is 5.69 Å². The van der Waals surface area contributed by atoms with Gasteiger partial charge >= 0.3 is 0 Å². The number of hydrogen-bond acceptors (Lipinski definition) is 3. The normalized spacial score (nSPS) is 27.2. The summed E-state index contributed by atoms with van der Waals surface area (Å²) in [5, 5.41) is 6.33. The van der Waals surface area contributed by atoms with Crippen LogP contribution in [0, 0.1) is 5.92 Å². The van der Waals surface area contributed by atoms with Gasteiger partial charge in [0.25, 0.3) is 5.91 Å². The van der Waals surface area contributed by atoms with E-state index in [0.717, 1.165) is 30.9 Å². The second kappa shape index (κ2) is 4.84. The number of anilines is 1. The molecule has 0 aromatic heterocycles. The fourth-order valence-corrected chi connectivity index (χ4v) is 3.74. The fourth-order valence-electron chi connectivity index (χ4n) is 3.74. The standard InChI is InChI=1S/C16H19N3O2/c20-15-7-10-3-4-11(6-13(10)18-15)16(21)19-8-12-2-1-5-17-14(12)9-19/h3-4,6,12,14,17H,1-2,5,7-9H2,(H,18,20)/t12-,14+/m0/s1. The van der Waals surface area contributed by atoms with E-state index in [0.29, 0.717) is 23.9 Å². The van der Waals surface area contributed by atoms with Crippen LogP contribution < -0.4 is 10.6 Å². The van der Waals surface area contributed by atoms with Crippen LogP contribution in [-0.2, 0) is 11.2 Å². The molecule has 0 radical (unpaired) electrons. The van der Waals surface area contributed by atoms with E-state index in [1.54, 1.807) is 0 Å². The van der Waals surface area contributed by atoms with E-state index in [1.807, 2.05) is 23.1 Å². The Balaban J connectivity index is 1.53. The molecule has 0 saturated carbocycles. The van der Waals surface area contributed by atoms with Crippen molar-refractivity contribution in [2.45, 2.75) is 25.3 Å².